The highest BCUT2D eigenvalue weighted by molar-refractivity contribution is 5.45. The summed E-state index contributed by atoms with van der Waals surface area (Å²) in [5.74, 6) is -5.30. The Morgan fingerprint density at radius 2 is 1.80 bits per heavy atom. The van der Waals surface area contributed by atoms with Crippen LogP contribution in [0.4, 0.5) is 32.2 Å². The lowest BCUT2D eigenvalue weighted by Crippen LogP contribution is -2.32. The molecular weight excluding hydrogens is 414 g/mol. The Hall–Kier alpha value is -2.89. The maximum absolute atomic E-state index is 13.8. The zero-order chi connectivity index (χ0) is 21.6. The molecule has 1 aliphatic heterocycles. The Morgan fingerprint density at radius 3 is 2.43 bits per heavy atom. The average Bonchev–Trinajstić information content (AvgIpc) is 3.29. The SMILES string of the molecule is CCN1CCC(Nc2ccc3nnc(C(F)(F)F)n3n2)C1c1cc(F)c(F)c(F)c1. The highest BCUT2D eigenvalue weighted by atomic mass is 19.4. The minimum Gasteiger partial charge on any atom is -0.364 e. The number of nitrogens with one attached hydrogen (secondary N) is 1. The standard InChI is InChI=1S/C18H16F6N6/c1-2-29-6-5-12(16(29)9-7-10(19)15(21)11(20)8-9)25-13-3-4-14-26-27-17(18(22,23)24)30(14)28-13/h3-4,7-8,12,16H,2,5-6H2,1H3,(H,25,28). The fraction of sp³-hybridized carbons (Fsp3) is 0.389. The van der Waals surface area contributed by atoms with Crippen molar-refractivity contribution in [3.8, 4) is 0 Å². The van der Waals surface area contributed by atoms with Crippen LogP contribution in [0.1, 0.15) is 30.8 Å². The Bertz CT molecular complexity index is 1060. The highest BCUT2D eigenvalue weighted by Gasteiger charge is 2.38. The number of alkyl halides is 3. The fourth-order valence-corrected chi connectivity index (χ4v) is 3.78. The number of hydrogen-bond acceptors (Lipinski definition) is 5. The van der Waals surface area contributed by atoms with E-state index in [4.69, 9.17) is 0 Å². The van der Waals surface area contributed by atoms with E-state index < -0.39 is 41.5 Å². The van der Waals surface area contributed by atoms with Crippen molar-refractivity contribution in [3.05, 3.63) is 53.1 Å². The summed E-state index contributed by atoms with van der Waals surface area (Å²) < 4.78 is 80.8. The molecule has 2 unspecified atom stereocenters. The van der Waals surface area contributed by atoms with Crippen LogP contribution in [-0.4, -0.2) is 43.8 Å². The van der Waals surface area contributed by atoms with E-state index in [9.17, 15) is 26.3 Å². The summed E-state index contributed by atoms with van der Waals surface area (Å²) in [6, 6.07) is 3.69. The third-order valence-electron chi connectivity index (χ3n) is 5.11. The smallest absolute Gasteiger partial charge is 0.364 e. The van der Waals surface area contributed by atoms with Crippen LogP contribution in [0.25, 0.3) is 5.65 Å². The highest BCUT2D eigenvalue weighted by Crippen LogP contribution is 2.35. The van der Waals surface area contributed by atoms with E-state index in [-0.39, 0.29) is 17.0 Å². The molecule has 6 nitrogen and oxygen atoms in total. The van der Waals surface area contributed by atoms with Gasteiger partial charge in [0.25, 0.3) is 5.82 Å². The molecule has 2 atom stereocenters. The molecule has 1 saturated heterocycles. The number of benzene rings is 1. The monoisotopic (exact) mass is 430 g/mol. The second-order valence-electron chi connectivity index (χ2n) is 6.92. The molecule has 4 rings (SSSR count). The molecule has 160 valence electrons. The first kappa shape index (κ1) is 20.4. The van der Waals surface area contributed by atoms with E-state index in [1.54, 1.807) is 0 Å². The lowest BCUT2D eigenvalue weighted by molar-refractivity contribution is -0.146. The van der Waals surface area contributed by atoms with Crippen LogP contribution >= 0.6 is 0 Å². The number of aromatic nitrogens is 4. The van der Waals surface area contributed by atoms with Crippen LogP contribution in [0.3, 0.4) is 0 Å². The van der Waals surface area contributed by atoms with E-state index in [0.717, 1.165) is 12.1 Å². The molecule has 0 aliphatic carbocycles. The molecule has 12 heteroatoms. The molecule has 0 saturated carbocycles. The van der Waals surface area contributed by atoms with E-state index in [0.29, 0.717) is 24.0 Å². The second-order valence-corrected chi connectivity index (χ2v) is 6.92. The van der Waals surface area contributed by atoms with Gasteiger partial charge in [0.05, 0.1) is 6.04 Å². The molecule has 1 aliphatic rings. The lowest BCUT2D eigenvalue weighted by Gasteiger charge is -2.28. The number of halogens is 6. The normalized spacial score (nSPS) is 20.2. The Labute approximate surface area is 166 Å². The molecule has 1 N–H and O–H groups in total. The number of hydrogen-bond donors (Lipinski definition) is 1. The number of anilines is 1. The van der Waals surface area contributed by atoms with Crippen LogP contribution in [0.15, 0.2) is 24.3 Å². The summed E-state index contributed by atoms with van der Waals surface area (Å²) in [6.07, 6.45) is -4.20. The van der Waals surface area contributed by atoms with Crippen molar-refractivity contribution < 1.29 is 26.3 Å². The van der Waals surface area contributed by atoms with Gasteiger partial charge >= 0.3 is 6.18 Å². The van der Waals surface area contributed by atoms with E-state index in [1.165, 1.54) is 12.1 Å². The summed E-state index contributed by atoms with van der Waals surface area (Å²) in [5, 5.41) is 13.5. The van der Waals surface area contributed by atoms with Gasteiger partial charge in [-0.05, 0) is 42.8 Å². The molecule has 0 amide bonds. The first-order chi connectivity index (χ1) is 14.2. The minimum atomic E-state index is -4.73. The summed E-state index contributed by atoms with van der Waals surface area (Å²) in [4.78, 5) is 1.93. The Kier molecular flexibility index (Phi) is 5.04. The summed E-state index contributed by atoms with van der Waals surface area (Å²) in [5.41, 5.74) is 0.151. The maximum Gasteiger partial charge on any atom is 0.453 e. The van der Waals surface area contributed by atoms with Gasteiger partial charge in [-0.15, -0.1) is 15.3 Å². The average molecular weight is 430 g/mol. The second kappa shape index (κ2) is 7.42. The van der Waals surface area contributed by atoms with Crippen LogP contribution in [-0.2, 0) is 6.18 Å². The zero-order valence-corrected chi connectivity index (χ0v) is 15.6. The van der Waals surface area contributed by atoms with Gasteiger partial charge in [0.2, 0.25) is 0 Å². The lowest BCUT2D eigenvalue weighted by atomic mass is 9.99. The van der Waals surface area contributed by atoms with Crippen molar-refractivity contribution in [1.82, 2.24) is 24.7 Å². The van der Waals surface area contributed by atoms with Gasteiger partial charge < -0.3 is 5.32 Å². The number of rotatable bonds is 4. The first-order valence-corrected chi connectivity index (χ1v) is 9.13. The zero-order valence-electron chi connectivity index (χ0n) is 15.6. The van der Waals surface area contributed by atoms with E-state index in [1.807, 2.05) is 11.8 Å². The van der Waals surface area contributed by atoms with Crippen molar-refractivity contribution >= 4 is 11.5 Å². The van der Waals surface area contributed by atoms with Gasteiger partial charge in [-0.3, -0.25) is 4.90 Å². The topological polar surface area (TPSA) is 58.3 Å². The summed E-state index contributed by atoms with van der Waals surface area (Å²) in [6.45, 7) is 2.99. The predicted molar refractivity (Wildman–Crippen MR) is 94.1 cm³/mol. The third kappa shape index (κ3) is 3.55. The number of likely N-dealkylation sites (tertiary alicyclic amines) is 1. The van der Waals surface area contributed by atoms with E-state index in [2.05, 4.69) is 20.6 Å². The van der Waals surface area contributed by atoms with Crippen LogP contribution in [0.5, 0.6) is 0 Å². The van der Waals surface area contributed by atoms with Crippen molar-refractivity contribution in [2.24, 2.45) is 0 Å². The van der Waals surface area contributed by atoms with Gasteiger partial charge in [0, 0.05) is 12.6 Å². The molecule has 1 fully saturated rings. The number of fused-ring (bicyclic) bond motifs is 1. The predicted octanol–water partition coefficient (Wildman–Crippen LogP) is 3.81. The summed E-state index contributed by atoms with van der Waals surface area (Å²) in [7, 11) is 0. The van der Waals surface area contributed by atoms with E-state index >= 15 is 0 Å². The molecule has 3 heterocycles. The van der Waals surface area contributed by atoms with Gasteiger partial charge in [0.1, 0.15) is 5.82 Å². The molecule has 0 bridgehead atoms. The maximum atomic E-state index is 13.8. The van der Waals surface area contributed by atoms with Gasteiger partial charge in [-0.1, -0.05) is 6.92 Å². The molecule has 0 spiro atoms. The quantitative estimate of drug-likeness (QED) is 0.504. The van der Waals surface area contributed by atoms with Crippen molar-refractivity contribution in [1.29, 1.82) is 0 Å². The Balaban J connectivity index is 1.68. The first-order valence-electron chi connectivity index (χ1n) is 9.13. The van der Waals surface area contributed by atoms with Crippen LogP contribution in [0.2, 0.25) is 0 Å². The molecule has 30 heavy (non-hydrogen) atoms. The number of nitrogens with zero attached hydrogens (tertiary/aromatic N) is 5. The molecule has 1 aromatic carbocycles. The minimum absolute atomic E-state index is 0.0753. The van der Waals surface area contributed by atoms with Crippen LogP contribution in [0, 0.1) is 17.5 Å². The van der Waals surface area contributed by atoms with Crippen molar-refractivity contribution in [3.63, 3.8) is 0 Å². The van der Waals surface area contributed by atoms with Gasteiger partial charge in [-0.25, -0.2) is 13.2 Å². The molecule has 3 aromatic rings. The molecular formula is C18H16F6N6. The molecule has 0 radical (unpaired) electrons. The Morgan fingerprint density at radius 1 is 1.10 bits per heavy atom. The van der Waals surface area contributed by atoms with Crippen molar-refractivity contribution in [2.75, 3.05) is 18.4 Å². The van der Waals surface area contributed by atoms with Gasteiger partial charge in [-0.2, -0.15) is 17.7 Å². The summed E-state index contributed by atoms with van der Waals surface area (Å²) >= 11 is 0. The van der Waals surface area contributed by atoms with Crippen LogP contribution < -0.4 is 5.32 Å². The van der Waals surface area contributed by atoms with Crippen molar-refractivity contribution in [2.45, 2.75) is 31.6 Å². The number of likely N-dealkylation sites (N-methyl/N-ethyl adjacent to an activating group) is 1. The third-order valence-corrected chi connectivity index (χ3v) is 5.11. The fourth-order valence-electron chi connectivity index (χ4n) is 3.78. The largest absolute Gasteiger partial charge is 0.453 e. The molecule has 2 aromatic heterocycles. The van der Waals surface area contributed by atoms with Gasteiger partial charge in [0.15, 0.2) is 23.1 Å².